The lowest BCUT2D eigenvalue weighted by Gasteiger charge is -2.04. The van der Waals surface area contributed by atoms with Crippen molar-refractivity contribution in [1.82, 2.24) is 4.98 Å². The molecular weight excluding hydrogens is 342 g/mol. The van der Waals surface area contributed by atoms with Gasteiger partial charge in [-0.15, -0.1) is 11.3 Å². The van der Waals surface area contributed by atoms with Crippen LogP contribution in [-0.4, -0.2) is 19.7 Å². The number of nitrogens with one attached hydrogen (secondary N) is 2. The van der Waals surface area contributed by atoms with Crippen LogP contribution in [0.25, 0.3) is 11.3 Å². The Morgan fingerprint density at radius 3 is 2.46 bits per heavy atom. The molecule has 0 aliphatic carbocycles. The molecule has 0 unspecified atom stereocenters. The van der Waals surface area contributed by atoms with Crippen LogP contribution < -0.4 is 10.0 Å². The SMILES string of the molecule is Cc1cccc(Nc2nc(-c3ccc(NS(C)(=O)=O)cc3)cs2)c1. The summed E-state index contributed by atoms with van der Waals surface area (Å²) >= 11 is 1.53. The number of aromatic nitrogens is 1. The summed E-state index contributed by atoms with van der Waals surface area (Å²) in [6.45, 7) is 2.05. The van der Waals surface area contributed by atoms with E-state index in [4.69, 9.17) is 0 Å². The molecule has 2 aromatic carbocycles. The molecule has 2 N–H and O–H groups in total. The summed E-state index contributed by atoms with van der Waals surface area (Å²) in [4.78, 5) is 4.58. The Hall–Kier alpha value is -2.38. The number of nitrogens with zero attached hydrogens (tertiary/aromatic N) is 1. The van der Waals surface area contributed by atoms with Crippen molar-refractivity contribution < 1.29 is 8.42 Å². The van der Waals surface area contributed by atoms with Gasteiger partial charge in [-0.2, -0.15) is 0 Å². The quantitative estimate of drug-likeness (QED) is 0.715. The van der Waals surface area contributed by atoms with Gasteiger partial charge in [-0.1, -0.05) is 24.3 Å². The van der Waals surface area contributed by atoms with E-state index in [9.17, 15) is 8.42 Å². The first-order valence-corrected chi connectivity index (χ1v) is 10.0. The third-order valence-electron chi connectivity index (χ3n) is 3.26. The minimum atomic E-state index is -3.26. The first kappa shape index (κ1) is 16.5. The number of rotatable bonds is 5. The molecule has 24 heavy (non-hydrogen) atoms. The summed E-state index contributed by atoms with van der Waals surface area (Å²) in [6.07, 6.45) is 1.13. The zero-order valence-electron chi connectivity index (χ0n) is 13.3. The summed E-state index contributed by atoms with van der Waals surface area (Å²) in [5.74, 6) is 0. The van der Waals surface area contributed by atoms with Crippen LogP contribution in [-0.2, 0) is 10.0 Å². The number of sulfonamides is 1. The summed E-state index contributed by atoms with van der Waals surface area (Å²) in [6, 6.07) is 15.3. The van der Waals surface area contributed by atoms with Crippen LogP contribution in [0, 0.1) is 6.92 Å². The number of anilines is 3. The van der Waals surface area contributed by atoms with Gasteiger partial charge in [0.05, 0.1) is 11.9 Å². The minimum absolute atomic E-state index is 0.537. The van der Waals surface area contributed by atoms with Crippen LogP contribution in [0.5, 0.6) is 0 Å². The molecule has 124 valence electrons. The van der Waals surface area contributed by atoms with Crippen molar-refractivity contribution in [3.05, 3.63) is 59.5 Å². The molecule has 0 fully saturated rings. The van der Waals surface area contributed by atoms with E-state index >= 15 is 0 Å². The van der Waals surface area contributed by atoms with Crippen LogP contribution in [0.2, 0.25) is 0 Å². The number of aryl methyl sites for hydroxylation is 1. The molecule has 3 rings (SSSR count). The molecule has 0 atom stereocenters. The van der Waals surface area contributed by atoms with Crippen molar-refractivity contribution >= 4 is 37.9 Å². The second-order valence-corrected chi connectivity index (χ2v) is 8.09. The molecule has 1 aromatic heterocycles. The van der Waals surface area contributed by atoms with Gasteiger partial charge in [0, 0.05) is 22.3 Å². The molecule has 7 heteroatoms. The average molecular weight is 359 g/mol. The Kier molecular flexibility index (Phi) is 4.55. The topological polar surface area (TPSA) is 71.1 Å². The maximum atomic E-state index is 11.2. The van der Waals surface area contributed by atoms with E-state index in [1.54, 1.807) is 12.1 Å². The first-order valence-electron chi connectivity index (χ1n) is 7.26. The van der Waals surface area contributed by atoms with Crippen molar-refractivity contribution in [2.75, 3.05) is 16.3 Å². The van der Waals surface area contributed by atoms with E-state index in [-0.39, 0.29) is 0 Å². The van der Waals surface area contributed by atoms with Gasteiger partial charge in [0.1, 0.15) is 0 Å². The molecule has 0 bridgehead atoms. The van der Waals surface area contributed by atoms with Crippen LogP contribution >= 0.6 is 11.3 Å². The lowest BCUT2D eigenvalue weighted by molar-refractivity contribution is 0.607. The summed E-state index contributed by atoms with van der Waals surface area (Å²) in [5, 5.41) is 6.08. The van der Waals surface area contributed by atoms with Gasteiger partial charge >= 0.3 is 0 Å². The molecule has 0 aliphatic rings. The molecule has 0 aliphatic heterocycles. The van der Waals surface area contributed by atoms with E-state index in [0.717, 1.165) is 28.3 Å². The third-order valence-corrected chi connectivity index (χ3v) is 4.62. The molecule has 0 amide bonds. The maximum absolute atomic E-state index is 11.2. The molecule has 0 saturated heterocycles. The second kappa shape index (κ2) is 6.62. The number of thiazole rings is 1. The largest absolute Gasteiger partial charge is 0.332 e. The van der Waals surface area contributed by atoms with Crippen LogP contribution in [0.1, 0.15) is 5.56 Å². The lowest BCUT2D eigenvalue weighted by Crippen LogP contribution is -2.09. The molecule has 3 aromatic rings. The van der Waals surface area contributed by atoms with Crippen molar-refractivity contribution in [2.24, 2.45) is 0 Å². The fourth-order valence-corrected chi connectivity index (χ4v) is 3.54. The fourth-order valence-electron chi connectivity index (χ4n) is 2.23. The first-order chi connectivity index (χ1) is 11.4. The van der Waals surface area contributed by atoms with Gasteiger partial charge < -0.3 is 5.32 Å². The standard InChI is InChI=1S/C17H17N3O2S2/c1-12-4-3-5-15(10-12)18-17-19-16(11-23-17)13-6-8-14(9-7-13)20-24(2,21)22/h3-11,20H,1-2H3,(H,18,19). The Morgan fingerprint density at radius 1 is 1.04 bits per heavy atom. The van der Waals surface area contributed by atoms with Gasteiger partial charge in [0.15, 0.2) is 5.13 Å². The van der Waals surface area contributed by atoms with Crippen LogP contribution in [0.3, 0.4) is 0 Å². The monoisotopic (exact) mass is 359 g/mol. The highest BCUT2D eigenvalue weighted by molar-refractivity contribution is 7.92. The Morgan fingerprint density at radius 2 is 1.79 bits per heavy atom. The summed E-state index contributed by atoms with van der Waals surface area (Å²) < 4.78 is 24.9. The predicted molar refractivity (Wildman–Crippen MR) is 100 cm³/mol. The highest BCUT2D eigenvalue weighted by atomic mass is 32.2. The zero-order chi connectivity index (χ0) is 17.2. The second-order valence-electron chi connectivity index (χ2n) is 5.48. The van der Waals surface area contributed by atoms with Crippen molar-refractivity contribution in [3.8, 4) is 11.3 Å². The van der Waals surface area contributed by atoms with Gasteiger partial charge in [-0.05, 0) is 36.8 Å². The minimum Gasteiger partial charge on any atom is -0.332 e. The van der Waals surface area contributed by atoms with Crippen LogP contribution in [0.4, 0.5) is 16.5 Å². The van der Waals surface area contributed by atoms with E-state index in [1.807, 2.05) is 42.6 Å². The average Bonchev–Trinajstić information content (AvgIpc) is 2.95. The molecular formula is C17H17N3O2S2. The molecule has 5 nitrogen and oxygen atoms in total. The van der Waals surface area contributed by atoms with Crippen LogP contribution in [0.15, 0.2) is 53.9 Å². The van der Waals surface area contributed by atoms with Gasteiger partial charge in [-0.3, -0.25) is 4.72 Å². The lowest BCUT2D eigenvalue weighted by atomic mass is 10.1. The Labute approximate surface area is 145 Å². The smallest absolute Gasteiger partial charge is 0.229 e. The van der Waals surface area contributed by atoms with Crippen molar-refractivity contribution in [1.29, 1.82) is 0 Å². The number of hydrogen-bond donors (Lipinski definition) is 2. The van der Waals surface area contributed by atoms with Crippen molar-refractivity contribution in [2.45, 2.75) is 6.92 Å². The Balaban J connectivity index is 1.75. The van der Waals surface area contributed by atoms with E-state index in [1.165, 1.54) is 16.9 Å². The predicted octanol–water partition coefficient (Wildman–Crippen LogP) is 4.23. The highest BCUT2D eigenvalue weighted by Gasteiger charge is 2.06. The number of hydrogen-bond acceptors (Lipinski definition) is 5. The summed E-state index contributed by atoms with van der Waals surface area (Å²) in [7, 11) is -3.26. The highest BCUT2D eigenvalue weighted by Crippen LogP contribution is 2.28. The molecule has 0 spiro atoms. The van der Waals surface area contributed by atoms with Crippen molar-refractivity contribution in [3.63, 3.8) is 0 Å². The van der Waals surface area contributed by atoms with Gasteiger partial charge in [0.2, 0.25) is 10.0 Å². The van der Waals surface area contributed by atoms with Gasteiger partial charge in [-0.25, -0.2) is 13.4 Å². The van der Waals surface area contributed by atoms with E-state index in [0.29, 0.717) is 5.69 Å². The third kappa shape index (κ3) is 4.33. The number of benzene rings is 2. The van der Waals surface area contributed by atoms with E-state index < -0.39 is 10.0 Å². The fraction of sp³-hybridized carbons (Fsp3) is 0.118. The van der Waals surface area contributed by atoms with Gasteiger partial charge in [0.25, 0.3) is 0 Å². The Bertz CT molecular complexity index is 948. The molecule has 0 radical (unpaired) electrons. The normalized spacial score (nSPS) is 11.2. The maximum Gasteiger partial charge on any atom is 0.229 e. The van der Waals surface area contributed by atoms with E-state index in [2.05, 4.69) is 21.1 Å². The molecule has 1 heterocycles. The summed E-state index contributed by atoms with van der Waals surface area (Å²) in [5.41, 5.74) is 4.51. The molecule has 0 saturated carbocycles. The zero-order valence-corrected chi connectivity index (χ0v) is 14.9.